The van der Waals surface area contributed by atoms with Crippen LogP contribution >= 0.6 is 0 Å². The van der Waals surface area contributed by atoms with E-state index in [9.17, 15) is 9.59 Å². The van der Waals surface area contributed by atoms with Crippen LogP contribution in [0.3, 0.4) is 0 Å². The minimum absolute atomic E-state index is 0. The zero-order chi connectivity index (χ0) is 12.8. The van der Waals surface area contributed by atoms with Crippen LogP contribution in [0.5, 0.6) is 0 Å². The van der Waals surface area contributed by atoms with Crippen LogP contribution in [-0.4, -0.2) is 39.1 Å². The molecule has 1 rings (SSSR count). The van der Waals surface area contributed by atoms with Crippen molar-refractivity contribution >= 4 is 11.9 Å². The molecular formula is C10H15N4O3Zn-. The van der Waals surface area contributed by atoms with Gasteiger partial charge in [-0.1, -0.05) is 0 Å². The second kappa shape index (κ2) is 7.94. The first-order chi connectivity index (χ1) is 8.02. The van der Waals surface area contributed by atoms with E-state index in [1.807, 2.05) is 0 Å². The summed E-state index contributed by atoms with van der Waals surface area (Å²) in [6.45, 7) is 0.165. The molecule has 96 valence electrons. The minimum atomic E-state index is -1.14. The Hall–Kier alpha value is -1.27. The Labute approximate surface area is 118 Å². The summed E-state index contributed by atoms with van der Waals surface area (Å²) in [5.74, 6) is -1.63. The van der Waals surface area contributed by atoms with Crippen molar-refractivity contribution in [1.29, 1.82) is 0 Å². The standard InChI is InChI=1S/C10H16N4O3.Zn/c1-14-5-7(12-6-14)4-8(10(16)17)13-9(15)2-3-11;/h5-6,8H,2-4,11H2,1H3,(H2,13,15,16,17);/p-1/t8-;/m0./s1. The molecule has 0 aliphatic rings. The van der Waals surface area contributed by atoms with Gasteiger partial charge in [0.15, 0.2) is 0 Å². The minimum Gasteiger partial charge on any atom is -0.641 e. The van der Waals surface area contributed by atoms with Crippen molar-refractivity contribution in [3.8, 4) is 0 Å². The van der Waals surface area contributed by atoms with E-state index in [4.69, 9.17) is 10.8 Å². The summed E-state index contributed by atoms with van der Waals surface area (Å²) in [7, 11) is 1.78. The van der Waals surface area contributed by atoms with Gasteiger partial charge in [-0.3, -0.25) is 4.79 Å². The van der Waals surface area contributed by atoms with E-state index in [-0.39, 0.29) is 38.9 Å². The normalized spacial score (nSPS) is 11.4. The van der Waals surface area contributed by atoms with Gasteiger partial charge in [-0.2, -0.15) is 0 Å². The molecule has 1 amide bonds. The summed E-state index contributed by atoms with van der Waals surface area (Å²) in [6, 6.07) is -1.09. The van der Waals surface area contributed by atoms with Gasteiger partial charge in [-0.25, -0.2) is 4.98 Å². The zero-order valence-electron chi connectivity index (χ0n) is 10.2. The largest absolute Gasteiger partial charge is 0.641 e. The molecule has 1 heterocycles. The van der Waals surface area contributed by atoms with Gasteiger partial charge in [0.1, 0.15) is 0 Å². The molecule has 0 aromatic carbocycles. The second-order valence-electron chi connectivity index (χ2n) is 3.65. The van der Waals surface area contributed by atoms with Gasteiger partial charge in [0.05, 0.1) is 17.9 Å². The molecule has 1 aromatic rings. The van der Waals surface area contributed by atoms with Crippen molar-refractivity contribution in [3.63, 3.8) is 0 Å². The topological polar surface area (TPSA) is 112 Å². The number of aliphatic carboxylic acids is 1. The van der Waals surface area contributed by atoms with Crippen molar-refractivity contribution in [3.05, 3.63) is 23.5 Å². The van der Waals surface area contributed by atoms with E-state index in [2.05, 4.69) is 10.3 Å². The summed E-state index contributed by atoms with van der Waals surface area (Å²) >= 11 is 0. The van der Waals surface area contributed by atoms with Gasteiger partial charge >= 0.3 is 0 Å². The molecule has 0 aliphatic heterocycles. The average molecular weight is 305 g/mol. The number of imidazole rings is 1. The Morgan fingerprint density at radius 1 is 1.61 bits per heavy atom. The van der Waals surface area contributed by atoms with E-state index >= 15 is 0 Å². The van der Waals surface area contributed by atoms with Crippen molar-refractivity contribution in [2.45, 2.75) is 18.9 Å². The van der Waals surface area contributed by atoms with Gasteiger partial charge in [0, 0.05) is 39.1 Å². The van der Waals surface area contributed by atoms with Crippen LogP contribution in [-0.2, 0) is 42.5 Å². The van der Waals surface area contributed by atoms with Crippen LogP contribution in [0.2, 0.25) is 0 Å². The molecule has 0 aliphatic carbocycles. The molecule has 1 atom stereocenters. The zero-order valence-corrected chi connectivity index (χ0v) is 13.2. The van der Waals surface area contributed by atoms with E-state index in [0.717, 1.165) is 0 Å². The quantitative estimate of drug-likeness (QED) is 0.698. The van der Waals surface area contributed by atoms with Crippen molar-refractivity contribution in [1.82, 2.24) is 9.55 Å². The van der Waals surface area contributed by atoms with E-state index in [0.29, 0.717) is 5.69 Å². The molecule has 8 heteroatoms. The van der Waals surface area contributed by atoms with Crippen LogP contribution in [0, 0.1) is 0 Å². The Bertz CT molecular complexity index is 408. The molecule has 0 saturated carbocycles. The fraction of sp³-hybridized carbons (Fsp3) is 0.500. The molecule has 3 N–H and O–H groups in total. The Balaban J connectivity index is 0.00000289. The maximum absolute atomic E-state index is 11.2. The maximum atomic E-state index is 11.2. The summed E-state index contributed by atoms with van der Waals surface area (Å²) in [6.07, 6.45) is 3.42. The van der Waals surface area contributed by atoms with Crippen molar-refractivity contribution in [2.24, 2.45) is 12.8 Å². The molecule has 18 heavy (non-hydrogen) atoms. The number of rotatable bonds is 6. The number of amides is 1. The van der Waals surface area contributed by atoms with Crippen LogP contribution in [0.1, 0.15) is 12.1 Å². The molecule has 0 spiro atoms. The van der Waals surface area contributed by atoms with Gasteiger partial charge in [-0.05, 0) is 19.0 Å². The monoisotopic (exact) mass is 303 g/mol. The molecule has 0 bridgehead atoms. The first-order valence-corrected chi connectivity index (χ1v) is 5.16. The van der Waals surface area contributed by atoms with Gasteiger partial charge in [0.2, 0.25) is 0 Å². The van der Waals surface area contributed by atoms with Gasteiger partial charge < -0.3 is 25.5 Å². The van der Waals surface area contributed by atoms with Crippen LogP contribution in [0.4, 0.5) is 0 Å². The molecule has 0 saturated heterocycles. The summed E-state index contributed by atoms with van der Waals surface area (Å²) in [5, 5.41) is 12.5. The van der Waals surface area contributed by atoms with E-state index in [1.165, 1.54) is 0 Å². The maximum Gasteiger partial charge on any atom is 0.289 e. The number of aryl methyl sites for hydroxylation is 1. The number of carbonyl (C=O) groups excluding carboxylic acids is 1. The number of aromatic nitrogens is 2. The average Bonchev–Trinajstić information content (AvgIpc) is 2.63. The Morgan fingerprint density at radius 2 is 2.28 bits per heavy atom. The molecule has 0 unspecified atom stereocenters. The van der Waals surface area contributed by atoms with Crippen molar-refractivity contribution < 1.29 is 34.2 Å². The number of hydrogen-bond donors (Lipinski definition) is 2. The molecule has 0 fully saturated rings. The van der Waals surface area contributed by atoms with Crippen molar-refractivity contribution in [2.75, 3.05) is 6.54 Å². The van der Waals surface area contributed by atoms with Gasteiger partial charge in [0.25, 0.3) is 5.97 Å². The molecule has 7 nitrogen and oxygen atoms in total. The SMILES string of the molecule is Cn1cnc(C[C@H]([N-]C(=O)CCN)C(=O)O)c1.[Zn]. The molecule has 0 radical (unpaired) electrons. The fourth-order valence-corrected chi connectivity index (χ4v) is 1.32. The summed E-state index contributed by atoms with van der Waals surface area (Å²) < 4.78 is 1.70. The summed E-state index contributed by atoms with van der Waals surface area (Å²) in [5.41, 5.74) is 5.78. The first kappa shape index (κ1) is 16.7. The van der Waals surface area contributed by atoms with Crippen LogP contribution < -0.4 is 5.73 Å². The third-order valence-electron chi connectivity index (χ3n) is 2.10. The number of nitrogens with zero attached hydrogens (tertiary/aromatic N) is 3. The van der Waals surface area contributed by atoms with E-state index < -0.39 is 17.9 Å². The van der Waals surface area contributed by atoms with Crippen LogP contribution in [0.15, 0.2) is 12.5 Å². The van der Waals surface area contributed by atoms with E-state index in [1.54, 1.807) is 24.1 Å². The number of hydrogen-bond acceptors (Lipinski definition) is 4. The van der Waals surface area contributed by atoms with Gasteiger partial charge in [-0.15, -0.1) is 0 Å². The Kier molecular flexibility index (Phi) is 7.39. The number of nitrogens with two attached hydrogens (primary N) is 1. The fourth-order valence-electron chi connectivity index (χ4n) is 1.32. The third kappa shape index (κ3) is 5.38. The second-order valence-corrected chi connectivity index (χ2v) is 3.65. The third-order valence-corrected chi connectivity index (χ3v) is 2.10. The molecule has 1 aromatic heterocycles. The predicted octanol–water partition coefficient (Wildman–Crippen LogP) is -0.338. The number of carboxylic acid groups (broad SMARTS) is 1. The van der Waals surface area contributed by atoms with Crippen LogP contribution in [0.25, 0.3) is 5.32 Å². The smallest absolute Gasteiger partial charge is 0.289 e. The predicted molar refractivity (Wildman–Crippen MR) is 60.4 cm³/mol. The summed E-state index contributed by atoms with van der Waals surface area (Å²) in [4.78, 5) is 26.2. The number of carboxylic acids is 1. The number of carbonyl (C=O) groups is 2. The first-order valence-electron chi connectivity index (χ1n) is 5.16. The Morgan fingerprint density at radius 3 is 2.72 bits per heavy atom. The molecular weight excluding hydrogens is 290 g/mol.